The molecule has 0 aromatic heterocycles. The Labute approximate surface area is 87.4 Å². The van der Waals surface area contributed by atoms with Gasteiger partial charge in [0, 0.05) is 15.5 Å². The van der Waals surface area contributed by atoms with Crippen molar-refractivity contribution in [2.75, 3.05) is 6.61 Å². The van der Waals surface area contributed by atoms with Gasteiger partial charge in [0.15, 0.2) is 0 Å². The van der Waals surface area contributed by atoms with Crippen LogP contribution < -0.4 is 5.73 Å². The minimum atomic E-state index is 0.499. The molecule has 0 fully saturated rings. The summed E-state index contributed by atoms with van der Waals surface area (Å²) >= 11 is 1.65. The highest BCUT2D eigenvalue weighted by molar-refractivity contribution is 8.03. The van der Waals surface area contributed by atoms with Crippen LogP contribution in [0.2, 0.25) is 0 Å². The van der Waals surface area contributed by atoms with E-state index < -0.39 is 0 Å². The number of benzene rings is 1. The molecule has 1 aliphatic heterocycles. The Morgan fingerprint density at radius 2 is 2.00 bits per heavy atom. The van der Waals surface area contributed by atoms with E-state index in [-0.39, 0.29) is 0 Å². The fourth-order valence-electron chi connectivity index (χ4n) is 1.16. The van der Waals surface area contributed by atoms with Crippen LogP contribution in [0.15, 0.2) is 58.2 Å². The van der Waals surface area contributed by atoms with Gasteiger partial charge in [-0.05, 0) is 18.2 Å². The van der Waals surface area contributed by atoms with E-state index in [4.69, 9.17) is 10.5 Å². The third-order valence-corrected chi connectivity index (χ3v) is 2.71. The Morgan fingerprint density at radius 1 is 1.21 bits per heavy atom. The van der Waals surface area contributed by atoms with E-state index in [0.717, 1.165) is 10.6 Å². The second-order valence-corrected chi connectivity index (χ2v) is 4.11. The van der Waals surface area contributed by atoms with Crippen molar-refractivity contribution in [1.29, 1.82) is 0 Å². The molecule has 1 aliphatic rings. The van der Waals surface area contributed by atoms with Gasteiger partial charge in [0.25, 0.3) is 0 Å². The summed E-state index contributed by atoms with van der Waals surface area (Å²) in [5, 5.41) is 0. The lowest BCUT2D eigenvalue weighted by atomic mass is 10.4. The molecule has 0 atom stereocenters. The van der Waals surface area contributed by atoms with Crippen molar-refractivity contribution in [1.82, 2.24) is 0 Å². The highest BCUT2D eigenvalue weighted by Crippen LogP contribution is 2.28. The van der Waals surface area contributed by atoms with Gasteiger partial charge in [-0.3, -0.25) is 0 Å². The van der Waals surface area contributed by atoms with Crippen molar-refractivity contribution in [2.24, 2.45) is 5.73 Å². The van der Waals surface area contributed by atoms with Gasteiger partial charge < -0.3 is 10.5 Å². The quantitative estimate of drug-likeness (QED) is 0.805. The van der Waals surface area contributed by atoms with Crippen LogP contribution in [0.25, 0.3) is 0 Å². The van der Waals surface area contributed by atoms with Crippen LogP contribution in [0.5, 0.6) is 0 Å². The zero-order valence-corrected chi connectivity index (χ0v) is 8.46. The highest BCUT2D eigenvalue weighted by atomic mass is 32.2. The van der Waals surface area contributed by atoms with E-state index in [0.29, 0.717) is 6.61 Å². The topological polar surface area (TPSA) is 35.2 Å². The lowest BCUT2D eigenvalue weighted by Gasteiger charge is -2.10. The molecule has 0 saturated carbocycles. The Bertz CT molecular complexity index is 370. The molecule has 1 aromatic rings. The van der Waals surface area contributed by atoms with E-state index in [1.54, 1.807) is 18.0 Å². The van der Waals surface area contributed by atoms with Crippen molar-refractivity contribution in [3.63, 3.8) is 0 Å². The van der Waals surface area contributed by atoms with Gasteiger partial charge in [0.05, 0.1) is 6.26 Å². The van der Waals surface area contributed by atoms with Gasteiger partial charge in [-0.25, -0.2) is 0 Å². The molecular weight excluding hydrogens is 194 g/mol. The molecule has 0 bridgehead atoms. The normalized spacial score (nSPS) is 15.4. The van der Waals surface area contributed by atoms with Crippen LogP contribution in [-0.2, 0) is 4.74 Å². The largest absolute Gasteiger partial charge is 0.494 e. The molecule has 72 valence electrons. The fourth-order valence-corrected chi connectivity index (χ4v) is 2.05. The van der Waals surface area contributed by atoms with E-state index >= 15 is 0 Å². The molecule has 2 rings (SSSR count). The third-order valence-electron chi connectivity index (χ3n) is 1.76. The first-order valence-electron chi connectivity index (χ1n) is 4.35. The van der Waals surface area contributed by atoms with Gasteiger partial charge in [0.2, 0.25) is 0 Å². The summed E-state index contributed by atoms with van der Waals surface area (Å²) in [6.07, 6.45) is 3.69. The molecule has 2 nitrogen and oxygen atoms in total. The summed E-state index contributed by atoms with van der Waals surface area (Å²) in [5.41, 5.74) is 6.43. The lowest BCUT2D eigenvalue weighted by molar-refractivity contribution is 0.273. The van der Waals surface area contributed by atoms with E-state index in [1.165, 1.54) is 4.90 Å². The average Bonchev–Trinajstić information content (AvgIpc) is 2.19. The summed E-state index contributed by atoms with van der Waals surface area (Å²) < 4.78 is 5.19. The van der Waals surface area contributed by atoms with Gasteiger partial charge in [-0.15, -0.1) is 0 Å². The van der Waals surface area contributed by atoms with Crippen molar-refractivity contribution in [3.8, 4) is 0 Å². The number of nitrogens with two attached hydrogens (primary N) is 1. The summed E-state index contributed by atoms with van der Waals surface area (Å²) in [5.74, 6) is 0. The first-order chi connectivity index (χ1) is 6.84. The van der Waals surface area contributed by atoms with Crippen LogP contribution >= 0.6 is 11.8 Å². The van der Waals surface area contributed by atoms with Gasteiger partial charge in [-0.2, -0.15) is 0 Å². The summed E-state index contributed by atoms with van der Waals surface area (Å²) in [6.45, 7) is 0.499. The zero-order valence-electron chi connectivity index (χ0n) is 7.64. The maximum atomic E-state index is 5.66. The number of hydrogen-bond donors (Lipinski definition) is 1. The second-order valence-electron chi connectivity index (χ2n) is 2.97. The fraction of sp³-hybridized carbons (Fsp3) is 0.0909. The van der Waals surface area contributed by atoms with Crippen LogP contribution in [0.4, 0.5) is 0 Å². The monoisotopic (exact) mass is 205 g/mol. The van der Waals surface area contributed by atoms with E-state index in [9.17, 15) is 0 Å². The molecule has 0 spiro atoms. The standard InChI is InChI=1S/C11H11NOS/c12-9-6-11(8-13-7-9)14-10-4-2-1-3-5-10/h1-6,8H,7,12H2. The highest BCUT2D eigenvalue weighted by Gasteiger charge is 2.04. The molecule has 0 saturated heterocycles. The minimum absolute atomic E-state index is 0.499. The number of rotatable bonds is 2. The summed E-state index contributed by atoms with van der Waals surface area (Å²) in [6, 6.07) is 10.1. The molecule has 0 unspecified atom stereocenters. The number of hydrogen-bond acceptors (Lipinski definition) is 3. The molecule has 1 heterocycles. The predicted molar refractivity (Wildman–Crippen MR) is 58.6 cm³/mol. The Hall–Kier alpha value is -1.35. The summed E-state index contributed by atoms with van der Waals surface area (Å²) in [7, 11) is 0. The van der Waals surface area contributed by atoms with Crippen LogP contribution in [0.3, 0.4) is 0 Å². The van der Waals surface area contributed by atoms with Gasteiger partial charge in [-0.1, -0.05) is 30.0 Å². The van der Waals surface area contributed by atoms with Crippen molar-refractivity contribution < 1.29 is 4.74 Å². The number of allylic oxidation sites excluding steroid dienone is 1. The van der Waals surface area contributed by atoms with Crippen molar-refractivity contribution >= 4 is 11.8 Å². The molecule has 0 radical (unpaired) electrons. The van der Waals surface area contributed by atoms with E-state index in [2.05, 4.69) is 12.1 Å². The molecular formula is C11H11NOS. The molecule has 3 heteroatoms. The Kier molecular flexibility index (Phi) is 2.79. The van der Waals surface area contributed by atoms with E-state index in [1.807, 2.05) is 24.3 Å². The van der Waals surface area contributed by atoms with Gasteiger partial charge >= 0.3 is 0 Å². The van der Waals surface area contributed by atoms with Crippen molar-refractivity contribution in [2.45, 2.75) is 4.90 Å². The predicted octanol–water partition coefficient (Wildman–Crippen LogP) is 2.49. The molecule has 2 N–H and O–H groups in total. The van der Waals surface area contributed by atoms with Gasteiger partial charge in [0.1, 0.15) is 6.61 Å². The Morgan fingerprint density at radius 3 is 2.71 bits per heavy atom. The average molecular weight is 205 g/mol. The maximum Gasteiger partial charge on any atom is 0.127 e. The second kappa shape index (κ2) is 4.24. The first kappa shape index (κ1) is 9.21. The minimum Gasteiger partial charge on any atom is -0.494 e. The number of thioether (sulfide) groups is 1. The molecule has 0 amide bonds. The number of ether oxygens (including phenoxy) is 1. The Balaban J connectivity index is 2.09. The molecule has 14 heavy (non-hydrogen) atoms. The van der Waals surface area contributed by atoms with Crippen molar-refractivity contribution in [3.05, 3.63) is 53.3 Å². The molecule has 1 aromatic carbocycles. The zero-order chi connectivity index (χ0) is 9.80. The van der Waals surface area contributed by atoms with Crippen LogP contribution in [0, 0.1) is 0 Å². The van der Waals surface area contributed by atoms with Crippen LogP contribution in [-0.4, -0.2) is 6.61 Å². The molecule has 0 aliphatic carbocycles. The maximum absolute atomic E-state index is 5.66. The lowest BCUT2D eigenvalue weighted by Crippen LogP contribution is -2.07. The first-order valence-corrected chi connectivity index (χ1v) is 5.17. The SMILES string of the molecule is NC1=CC(Sc2ccccc2)=COC1. The third kappa shape index (κ3) is 2.33. The summed E-state index contributed by atoms with van der Waals surface area (Å²) in [4.78, 5) is 2.23. The van der Waals surface area contributed by atoms with Crippen LogP contribution in [0.1, 0.15) is 0 Å². The smallest absolute Gasteiger partial charge is 0.127 e.